The second-order valence-corrected chi connectivity index (χ2v) is 4.30. The van der Waals surface area contributed by atoms with Crippen LogP contribution >= 0.6 is 23.2 Å². The van der Waals surface area contributed by atoms with Crippen LogP contribution in [0.1, 0.15) is 5.69 Å². The topological polar surface area (TPSA) is 51.8 Å². The standard InChI is InChI=1S/C11H8Cl2FN3/c1-5-9(14)10(15)17-11(16-5)7-4-6(12)2-3-8(7)13/h2-4H,1H3,(H2,15,16,17). The summed E-state index contributed by atoms with van der Waals surface area (Å²) < 4.78 is 13.3. The molecule has 0 bridgehead atoms. The zero-order valence-corrected chi connectivity index (χ0v) is 10.3. The lowest BCUT2D eigenvalue weighted by molar-refractivity contribution is 0.608. The van der Waals surface area contributed by atoms with Gasteiger partial charge in [-0.15, -0.1) is 0 Å². The minimum atomic E-state index is -0.619. The Morgan fingerprint density at radius 3 is 2.59 bits per heavy atom. The van der Waals surface area contributed by atoms with Crippen LogP contribution in [-0.2, 0) is 0 Å². The second kappa shape index (κ2) is 4.47. The Kier molecular flexibility index (Phi) is 3.17. The van der Waals surface area contributed by atoms with Crippen LogP contribution < -0.4 is 5.73 Å². The van der Waals surface area contributed by atoms with E-state index in [0.717, 1.165) is 0 Å². The third-order valence-electron chi connectivity index (χ3n) is 2.21. The number of nitrogens with two attached hydrogens (primary N) is 1. The Morgan fingerprint density at radius 1 is 1.24 bits per heavy atom. The number of hydrogen-bond acceptors (Lipinski definition) is 3. The molecular weight excluding hydrogens is 264 g/mol. The molecule has 2 rings (SSSR count). The molecule has 0 aliphatic carbocycles. The molecule has 1 aromatic carbocycles. The third kappa shape index (κ3) is 2.33. The monoisotopic (exact) mass is 271 g/mol. The van der Waals surface area contributed by atoms with Crippen molar-refractivity contribution in [3.05, 3.63) is 39.8 Å². The number of nitrogen functional groups attached to an aromatic ring is 1. The van der Waals surface area contributed by atoms with Crippen LogP contribution in [0.5, 0.6) is 0 Å². The zero-order valence-electron chi connectivity index (χ0n) is 8.84. The Hall–Kier alpha value is -1.39. The maximum Gasteiger partial charge on any atom is 0.186 e. The average molecular weight is 272 g/mol. The molecular formula is C11H8Cl2FN3. The van der Waals surface area contributed by atoms with Crippen molar-refractivity contribution in [3.63, 3.8) is 0 Å². The lowest BCUT2D eigenvalue weighted by Crippen LogP contribution is -2.03. The van der Waals surface area contributed by atoms with Crippen LogP contribution in [0.25, 0.3) is 11.4 Å². The highest BCUT2D eigenvalue weighted by Crippen LogP contribution is 2.29. The van der Waals surface area contributed by atoms with Gasteiger partial charge in [0.25, 0.3) is 0 Å². The Morgan fingerprint density at radius 2 is 1.94 bits per heavy atom. The largest absolute Gasteiger partial charge is 0.381 e. The smallest absolute Gasteiger partial charge is 0.186 e. The maximum absolute atomic E-state index is 13.3. The summed E-state index contributed by atoms with van der Waals surface area (Å²) in [5.74, 6) is -0.565. The van der Waals surface area contributed by atoms with Gasteiger partial charge in [-0.2, -0.15) is 0 Å². The van der Waals surface area contributed by atoms with E-state index in [9.17, 15) is 4.39 Å². The molecule has 0 saturated heterocycles. The number of halogens is 3. The van der Waals surface area contributed by atoms with Gasteiger partial charge in [-0.05, 0) is 25.1 Å². The van der Waals surface area contributed by atoms with E-state index in [4.69, 9.17) is 28.9 Å². The van der Waals surface area contributed by atoms with E-state index in [-0.39, 0.29) is 17.3 Å². The first-order valence-electron chi connectivity index (χ1n) is 4.74. The first kappa shape index (κ1) is 12.1. The highest BCUT2D eigenvalue weighted by Gasteiger charge is 2.12. The molecule has 1 aromatic heterocycles. The van der Waals surface area contributed by atoms with Crippen LogP contribution in [0.15, 0.2) is 18.2 Å². The van der Waals surface area contributed by atoms with Gasteiger partial charge in [-0.1, -0.05) is 23.2 Å². The fourth-order valence-electron chi connectivity index (χ4n) is 1.37. The maximum atomic E-state index is 13.3. The third-order valence-corrected chi connectivity index (χ3v) is 2.78. The fraction of sp³-hybridized carbons (Fsp3) is 0.0909. The Labute approximate surface area is 107 Å². The first-order chi connectivity index (χ1) is 7.99. The number of aryl methyl sites for hydroxylation is 1. The molecule has 0 spiro atoms. The van der Waals surface area contributed by atoms with Crippen LogP contribution in [0.3, 0.4) is 0 Å². The van der Waals surface area contributed by atoms with Gasteiger partial charge in [0.1, 0.15) is 0 Å². The van der Waals surface area contributed by atoms with Gasteiger partial charge in [-0.25, -0.2) is 14.4 Å². The predicted octanol–water partition coefficient (Wildman–Crippen LogP) is 3.48. The Balaban J connectivity index is 2.64. The quantitative estimate of drug-likeness (QED) is 0.864. The van der Waals surface area contributed by atoms with Crippen LogP contribution in [0.4, 0.5) is 10.2 Å². The highest BCUT2D eigenvalue weighted by atomic mass is 35.5. The summed E-state index contributed by atoms with van der Waals surface area (Å²) in [4.78, 5) is 7.85. The van der Waals surface area contributed by atoms with E-state index >= 15 is 0 Å². The molecule has 17 heavy (non-hydrogen) atoms. The molecule has 3 nitrogen and oxygen atoms in total. The van der Waals surface area contributed by atoms with Crippen molar-refractivity contribution in [1.82, 2.24) is 9.97 Å². The van der Waals surface area contributed by atoms with Crippen LogP contribution in [-0.4, -0.2) is 9.97 Å². The van der Waals surface area contributed by atoms with E-state index < -0.39 is 5.82 Å². The molecule has 0 radical (unpaired) electrons. The van der Waals surface area contributed by atoms with E-state index in [1.165, 1.54) is 6.92 Å². The van der Waals surface area contributed by atoms with Gasteiger partial charge in [0.05, 0.1) is 10.7 Å². The van der Waals surface area contributed by atoms with Gasteiger partial charge in [0.15, 0.2) is 17.5 Å². The van der Waals surface area contributed by atoms with Gasteiger partial charge in [0.2, 0.25) is 0 Å². The number of nitrogens with zero attached hydrogens (tertiary/aromatic N) is 2. The van der Waals surface area contributed by atoms with Crippen molar-refractivity contribution in [2.45, 2.75) is 6.92 Å². The van der Waals surface area contributed by atoms with Gasteiger partial charge in [0, 0.05) is 10.6 Å². The fourth-order valence-corrected chi connectivity index (χ4v) is 1.74. The zero-order chi connectivity index (χ0) is 12.6. The second-order valence-electron chi connectivity index (χ2n) is 3.46. The van der Waals surface area contributed by atoms with Crippen molar-refractivity contribution in [3.8, 4) is 11.4 Å². The summed E-state index contributed by atoms with van der Waals surface area (Å²) in [5.41, 5.74) is 6.14. The van der Waals surface area contributed by atoms with Gasteiger partial charge < -0.3 is 5.73 Å². The molecule has 0 fully saturated rings. The lowest BCUT2D eigenvalue weighted by Gasteiger charge is -2.06. The molecule has 0 atom stereocenters. The number of anilines is 1. The molecule has 88 valence electrons. The molecule has 0 amide bonds. The average Bonchev–Trinajstić information content (AvgIpc) is 2.28. The van der Waals surface area contributed by atoms with E-state index in [2.05, 4.69) is 9.97 Å². The number of hydrogen-bond donors (Lipinski definition) is 1. The van der Waals surface area contributed by atoms with Crippen molar-refractivity contribution in [2.24, 2.45) is 0 Å². The van der Waals surface area contributed by atoms with Gasteiger partial charge >= 0.3 is 0 Å². The summed E-state index contributed by atoms with van der Waals surface area (Å²) in [6, 6.07) is 4.88. The SMILES string of the molecule is Cc1nc(-c2cc(Cl)ccc2Cl)nc(N)c1F. The summed E-state index contributed by atoms with van der Waals surface area (Å²) >= 11 is 11.9. The predicted molar refractivity (Wildman–Crippen MR) is 66.6 cm³/mol. The highest BCUT2D eigenvalue weighted by molar-refractivity contribution is 6.35. The van der Waals surface area contributed by atoms with Crippen molar-refractivity contribution < 1.29 is 4.39 Å². The molecule has 2 N–H and O–H groups in total. The Bertz CT molecular complexity index is 564. The summed E-state index contributed by atoms with van der Waals surface area (Å²) in [5, 5.41) is 0.924. The first-order valence-corrected chi connectivity index (χ1v) is 5.49. The van der Waals surface area contributed by atoms with E-state index in [1.54, 1.807) is 18.2 Å². The molecule has 2 aromatic rings. The number of benzene rings is 1. The van der Waals surface area contributed by atoms with E-state index in [1.807, 2.05) is 0 Å². The number of rotatable bonds is 1. The molecule has 0 unspecified atom stereocenters. The van der Waals surface area contributed by atoms with Crippen LogP contribution in [0.2, 0.25) is 10.0 Å². The van der Waals surface area contributed by atoms with Crippen LogP contribution in [0, 0.1) is 12.7 Å². The molecule has 0 saturated carbocycles. The normalized spacial score (nSPS) is 10.6. The summed E-state index contributed by atoms with van der Waals surface area (Å²) in [7, 11) is 0. The molecule has 0 aliphatic heterocycles. The van der Waals surface area contributed by atoms with Gasteiger partial charge in [-0.3, -0.25) is 0 Å². The summed E-state index contributed by atoms with van der Waals surface area (Å²) in [6.07, 6.45) is 0. The lowest BCUT2D eigenvalue weighted by atomic mass is 10.2. The summed E-state index contributed by atoms with van der Waals surface area (Å²) in [6.45, 7) is 1.51. The minimum absolute atomic E-state index is 0.170. The minimum Gasteiger partial charge on any atom is -0.381 e. The molecule has 6 heteroatoms. The molecule has 1 heterocycles. The van der Waals surface area contributed by atoms with Crippen molar-refractivity contribution in [1.29, 1.82) is 0 Å². The molecule has 0 aliphatic rings. The van der Waals surface area contributed by atoms with Crippen molar-refractivity contribution >= 4 is 29.0 Å². The number of aromatic nitrogens is 2. The van der Waals surface area contributed by atoms with E-state index in [0.29, 0.717) is 15.6 Å². The van der Waals surface area contributed by atoms with Crippen molar-refractivity contribution in [2.75, 3.05) is 5.73 Å².